The predicted molar refractivity (Wildman–Crippen MR) is 69.1 cm³/mol. The summed E-state index contributed by atoms with van der Waals surface area (Å²) in [6.07, 6.45) is 1.92. The molecule has 4 heteroatoms. The van der Waals surface area contributed by atoms with E-state index in [9.17, 15) is 5.11 Å². The van der Waals surface area contributed by atoms with Crippen molar-refractivity contribution in [1.82, 2.24) is 4.98 Å². The van der Waals surface area contributed by atoms with Gasteiger partial charge in [-0.3, -0.25) is 0 Å². The zero-order chi connectivity index (χ0) is 12.3. The molecule has 0 spiro atoms. The number of benzene rings is 1. The molecule has 90 valence electrons. The van der Waals surface area contributed by atoms with Gasteiger partial charge >= 0.3 is 0 Å². The molecule has 0 saturated carbocycles. The fourth-order valence-corrected chi connectivity index (χ4v) is 2.53. The van der Waals surface area contributed by atoms with Crippen LogP contribution < -0.4 is 4.74 Å². The summed E-state index contributed by atoms with van der Waals surface area (Å²) in [7, 11) is 0. The smallest absolute Gasteiger partial charge is 0.279 e. The van der Waals surface area contributed by atoms with E-state index >= 15 is 0 Å². The molecule has 0 unspecified atom stereocenters. The fraction of sp³-hybridized carbons (Fsp3) is 0.308. The molecule has 0 saturated heterocycles. The van der Waals surface area contributed by atoms with Crippen LogP contribution in [0.3, 0.4) is 0 Å². The number of aryl methyl sites for hydroxylation is 2. The van der Waals surface area contributed by atoms with Gasteiger partial charge in [0, 0.05) is 4.88 Å². The van der Waals surface area contributed by atoms with Crippen molar-refractivity contribution in [3.63, 3.8) is 0 Å². The lowest BCUT2D eigenvalue weighted by atomic mass is 10.2. The van der Waals surface area contributed by atoms with Gasteiger partial charge in [0.1, 0.15) is 11.5 Å². The Bertz CT molecular complexity index is 469. The number of rotatable bonds is 4. The molecule has 0 amide bonds. The highest BCUT2D eigenvalue weighted by molar-refractivity contribution is 7.13. The molecule has 0 aliphatic rings. The second-order valence-corrected chi connectivity index (χ2v) is 4.70. The molecule has 0 radical (unpaired) electrons. The van der Waals surface area contributed by atoms with E-state index in [1.54, 1.807) is 35.6 Å². The van der Waals surface area contributed by atoms with Crippen LogP contribution >= 0.6 is 11.3 Å². The summed E-state index contributed by atoms with van der Waals surface area (Å²) in [5.41, 5.74) is 1.12. The highest BCUT2D eigenvalue weighted by Gasteiger charge is 2.09. The summed E-state index contributed by atoms with van der Waals surface area (Å²) in [5.74, 6) is 0.932. The van der Waals surface area contributed by atoms with Crippen LogP contribution in [-0.4, -0.2) is 10.1 Å². The lowest BCUT2D eigenvalue weighted by molar-refractivity contribution is 0.462. The topological polar surface area (TPSA) is 42.4 Å². The number of aromatic hydroxyl groups is 1. The van der Waals surface area contributed by atoms with Crippen LogP contribution in [0.1, 0.15) is 24.4 Å². The van der Waals surface area contributed by atoms with Gasteiger partial charge in [0.2, 0.25) is 0 Å². The number of phenols is 1. The first kappa shape index (κ1) is 11.9. The van der Waals surface area contributed by atoms with Crippen LogP contribution in [0.25, 0.3) is 0 Å². The maximum absolute atomic E-state index is 9.18. The van der Waals surface area contributed by atoms with Crippen LogP contribution in [0, 0.1) is 0 Å². The van der Waals surface area contributed by atoms with Crippen LogP contribution in [-0.2, 0) is 12.8 Å². The fourth-order valence-electron chi connectivity index (χ4n) is 1.57. The van der Waals surface area contributed by atoms with Gasteiger partial charge in [-0.15, -0.1) is 0 Å². The SMILES string of the molecule is CCc1nc(Oc2ccc(O)cc2)sc1CC. The Morgan fingerprint density at radius 3 is 2.41 bits per heavy atom. The molecule has 0 aliphatic heterocycles. The van der Waals surface area contributed by atoms with E-state index in [2.05, 4.69) is 18.8 Å². The third-order valence-electron chi connectivity index (χ3n) is 2.46. The van der Waals surface area contributed by atoms with Crippen LogP contribution in [0.2, 0.25) is 0 Å². The van der Waals surface area contributed by atoms with Gasteiger partial charge in [0.05, 0.1) is 5.69 Å². The average Bonchev–Trinajstić information content (AvgIpc) is 2.74. The molecular weight excluding hydrogens is 234 g/mol. The number of hydrogen-bond donors (Lipinski definition) is 1. The first-order chi connectivity index (χ1) is 8.22. The van der Waals surface area contributed by atoms with Crippen molar-refractivity contribution in [1.29, 1.82) is 0 Å². The molecule has 1 aromatic carbocycles. The van der Waals surface area contributed by atoms with E-state index in [0.717, 1.165) is 18.5 Å². The van der Waals surface area contributed by atoms with Gasteiger partial charge in [0.25, 0.3) is 5.19 Å². The van der Waals surface area contributed by atoms with E-state index < -0.39 is 0 Å². The highest BCUT2D eigenvalue weighted by atomic mass is 32.1. The number of phenolic OH excluding ortho intramolecular Hbond substituents is 1. The van der Waals surface area contributed by atoms with Gasteiger partial charge in [-0.2, -0.15) is 0 Å². The van der Waals surface area contributed by atoms with Gasteiger partial charge < -0.3 is 9.84 Å². The molecule has 2 aromatic rings. The lowest BCUT2D eigenvalue weighted by Gasteiger charge is -2.00. The number of thiazole rings is 1. The third-order valence-corrected chi connectivity index (χ3v) is 3.58. The van der Waals surface area contributed by atoms with E-state index in [-0.39, 0.29) is 5.75 Å². The molecule has 1 aromatic heterocycles. The first-order valence-electron chi connectivity index (χ1n) is 5.68. The molecule has 2 rings (SSSR count). The Morgan fingerprint density at radius 1 is 1.18 bits per heavy atom. The predicted octanol–water partition coefficient (Wildman–Crippen LogP) is 3.77. The van der Waals surface area contributed by atoms with Crippen molar-refractivity contribution < 1.29 is 9.84 Å². The van der Waals surface area contributed by atoms with E-state index in [0.29, 0.717) is 10.9 Å². The van der Waals surface area contributed by atoms with Gasteiger partial charge in [0.15, 0.2) is 0 Å². The number of hydrogen-bond acceptors (Lipinski definition) is 4. The standard InChI is InChI=1S/C13H15NO2S/c1-3-11-12(4-2)17-13(14-11)16-10-7-5-9(15)6-8-10/h5-8,15H,3-4H2,1-2H3. The van der Waals surface area contributed by atoms with Crippen molar-refractivity contribution in [2.75, 3.05) is 0 Å². The maximum atomic E-state index is 9.18. The molecule has 1 N–H and O–H groups in total. The van der Waals surface area contributed by atoms with Crippen LogP contribution in [0.4, 0.5) is 0 Å². The minimum Gasteiger partial charge on any atom is -0.508 e. The van der Waals surface area contributed by atoms with Crippen molar-refractivity contribution >= 4 is 11.3 Å². The zero-order valence-electron chi connectivity index (χ0n) is 9.93. The van der Waals surface area contributed by atoms with Crippen LogP contribution in [0.5, 0.6) is 16.7 Å². The van der Waals surface area contributed by atoms with Gasteiger partial charge in [-0.05, 0) is 37.1 Å². The molecule has 3 nitrogen and oxygen atoms in total. The summed E-state index contributed by atoms with van der Waals surface area (Å²) < 4.78 is 5.65. The summed E-state index contributed by atoms with van der Waals surface area (Å²) in [4.78, 5) is 5.73. The summed E-state index contributed by atoms with van der Waals surface area (Å²) in [6.45, 7) is 4.22. The Hall–Kier alpha value is -1.55. The zero-order valence-corrected chi connectivity index (χ0v) is 10.8. The maximum Gasteiger partial charge on any atom is 0.279 e. The second kappa shape index (κ2) is 5.19. The first-order valence-corrected chi connectivity index (χ1v) is 6.50. The minimum absolute atomic E-state index is 0.236. The number of ether oxygens (including phenoxy) is 1. The second-order valence-electron chi connectivity index (χ2n) is 3.65. The average molecular weight is 249 g/mol. The van der Waals surface area contributed by atoms with E-state index in [4.69, 9.17) is 4.74 Å². The summed E-state index contributed by atoms with van der Waals surface area (Å²) in [5, 5.41) is 9.85. The van der Waals surface area contributed by atoms with E-state index in [1.165, 1.54) is 4.88 Å². The number of nitrogens with zero attached hydrogens (tertiary/aromatic N) is 1. The molecule has 0 bridgehead atoms. The van der Waals surface area contributed by atoms with E-state index in [1.807, 2.05) is 0 Å². The molecule has 0 aliphatic carbocycles. The van der Waals surface area contributed by atoms with Crippen molar-refractivity contribution in [3.05, 3.63) is 34.8 Å². The molecule has 0 atom stereocenters. The molecular formula is C13H15NO2S. The largest absolute Gasteiger partial charge is 0.508 e. The highest BCUT2D eigenvalue weighted by Crippen LogP contribution is 2.30. The Morgan fingerprint density at radius 2 is 1.88 bits per heavy atom. The Balaban J connectivity index is 2.18. The van der Waals surface area contributed by atoms with Gasteiger partial charge in [-0.1, -0.05) is 25.2 Å². The quantitative estimate of drug-likeness (QED) is 0.897. The molecule has 0 fully saturated rings. The van der Waals surface area contributed by atoms with Crippen LogP contribution in [0.15, 0.2) is 24.3 Å². The lowest BCUT2D eigenvalue weighted by Crippen LogP contribution is -1.86. The Kier molecular flexibility index (Phi) is 3.64. The molecule has 1 heterocycles. The Labute approximate surface area is 105 Å². The summed E-state index contributed by atoms with van der Waals surface area (Å²) in [6, 6.07) is 6.66. The molecule has 17 heavy (non-hydrogen) atoms. The van der Waals surface area contributed by atoms with Crippen molar-refractivity contribution in [3.8, 4) is 16.7 Å². The number of aromatic nitrogens is 1. The minimum atomic E-state index is 0.236. The normalized spacial score (nSPS) is 10.5. The van der Waals surface area contributed by atoms with Gasteiger partial charge in [-0.25, -0.2) is 4.98 Å². The summed E-state index contributed by atoms with van der Waals surface area (Å²) >= 11 is 1.59. The third kappa shape index (κ3) is 2.77. The van der Waals surface area contributed by atoms with Crippen molar-refractivity contribution in [2.45, 2.75) is 26.7 Å². The monoisotopic (exact) mass is 249 g/mol. The van der Waals surface area contributed by atoms with Crippen molar-refractivity contribution in [2.24, 2.45) is 0 Å².